The molecule has 2 aliphatic heterocycles. The average molecular weight is 932 g/mol. The summed E-state index contributed by atoms with van der Waals surface area (Å²) in [7, 11) is 3.01. The molecule has 4 heterocycles. The number of ether oxygens (including phenoxy) is 1. The Kier molecular flexibility index (Phi) is 12.9. The molecule has 14 nitrogen and oxygen atoms in total. The highest BCUT2D eigenvalue weighted by molar-refractivity contribution is 8.00. The van der Waals surface area contributed by atoms with Crippen LogP contribution in [0, 0.1) is 0 Å². The number of nitrogens with one attached hydrogen (secondary N) is 2. The van der Waals surface area contributed by atoms with E-state index in [9.17, 15) is 14.4 Å². The Labute approximate surface area is 393 Å². The largest absolute Gasteiger partial charge is 0.448 e. The van der Waals surface area contributed by atoms with Crippen molar-refractivity contribution in [2.45, 2.75) is 29.5 Å². The van der Waals surface area contributed by atoms with Crippen LogP contribution >= 0.6 is 35.3 Å². The number of thioether (sulfide) groups is 1. The minimum atomic E-state index is -1.03. The number of tetrazole rings is 1. The number of nitrogens with zero attached hydrogens (tertiary/aromatic N) is 7. The first-order chi connectivity index (χ1) is 32.3. The SMILES string of the molecule is CON=C(C(=O)NC1C(=O)N2C(C(=O)OC(c3ccccc3)c3ccccc3)=C(CC(=S)c3nnnn3C)CSC12)c1csc(NC(c2ccccc2)(c2ccccc2)c2ccccc2)n1. The predicted molar refractivity (Wildman–Crippen MR) is 256 cm³/mol. The molecule has 0 spiro atoms. The number of carbonyl (C=O) groups excluding carboxylic acids is 3. The lowest BCUT2D eigenvalue weighted by Gasteiger charge is -2.49. The molecule has 5 aromatic carbocycles. The van der Waals surface area contributed by atoms with E-state index in [1.165, 1.54) is 39.8 Å². The number of rotatable bonds is 16. The summed E-state index contributed by atoms with van der Waals surface area (Å²) in [6.45, 7) is 0. The van der Waals surface area contributed by atoms with Crippen molar-refractivity contribution in [3.63, 3.8) is 0 Å². The molecule has 0 radical (unpaired) electrons. The first kappa shape index (κ1) is 43.9. The number of fused-ring (bicyclic) bond motifs is 1. The van der Waals surface area contributed by atoms with E-state index < -0.39 is 40.8 Å². The molecule has 7 aromatic rings. The van der Waals surface area contributed by atoms with Gasteiger partial charge in [-0.25, -0.2) is 14.5 Å². The number of amides is 2. The Bertz CT molecular complexity index is 2800. The second-order valence-electron chi connectivity index (χ2n) is 15.3. The van der Waals surface area contributed by atoms with Crippen molar-refractivity contribution in [2.75, 3.05) is 18.2 Å². The molecular weight excluding hydrogens is 891 g/mol. The van der Waals surface area contributed by atoms with Crippen molar-refractivity contribution in [1.82, 2.24) is 35.4 Å². The van der Waals surface area contributed by atoms with E-state index in [4.69, 9.17) is 26.8 Å². The highest BCUT2D eigenvalue weighted by atomic mass is 32.2. The Hall–Kier alpha value is -7.34. The van der Waals surface area contributed by atoms with Crippen LogP contribution in [0.4, 0.5) is 5.13 Å². The van der Waals surface area contributed by atoms with Gasteiger partial charge in [0, 0.05) is 24.6 Å². The van der Waals surface area contributed by atoms with Gasteiger partial charge in [-0.2, -0.15) is 0 Å². The quantitative estimate of drug-likeness (QED) is 0.0191. The second-order valence-corrected chi connectivity index (χ2v) is 17.7. The standard InChI is InChI=1S/C49H41N9O5S3/c1-57-43(53-55-56-57)38(64)28-33-29-65-46-40(45(60)58(46)41(33)47(61)63-42(31-18-8-3-9-19-31)32-20-10-4-11-21-32)51-44(59)39(54-62-2)37-30-66-48(50-37)52-49(34-22-12-5-13-23-34,35-24-14-6-15-25-35)36-26-16-7-17-27-36/h3-27,30,40,42,46H,28-29H2,1-2H3,(H,50,52)(H,51,59). The van der Waals surface area contributed by atoms with Crippen LogP contribution in [0.25, 0.3) is 0 Å². The van der Waals surface area contributed by atoms with Gasteiger partial charge in [-0.1, -0.05) is 169 Å². The fourth-order valence-corrected chi connectivity index (χ4v) is 10.6. The molecule has 0 saturated carbocycles. The van der Waals surface area contributed by atoms with Gasteiger partial charge in [0.25, 0.3) is 11.8 Å². The van der Waals surface area contributed by atoms with Crippen molar-refractivity contribution < 1.29 is 24.0 Å². The number of β-lactam (4-membered cyclic amide) rings is 1. The highest BCUT2D eigenvalue weighted by Gasteiger charge is 2.55. The third-order valence-corrected chi connectivity index (χ3v) is 13.7. The maximum Gasteiger partial charge on any atom is 0.356 e. The molecule has 2 aliphatic rings. The summed E-state index contributed by atoms with van der Waals surface area (Å²) >= 11 is 8.46. The van der Waals surface area contributed by atoms with Crippen molar-refractivity contribution in [1.29, 1.82) is 0 Å². The van der Waals surface area contributed by atoms with E-state index in [1.807, 2.05) is 115 Å². The number of thiazole rings is 1. The highest BCUT2D eigenvalue weighted by Crippen LogP contribution is 2.44. The van der Waals surface area contributed by atoms with Crippen molar-refractivity contribution in [2.24, 2.45) is 12.2 Å². The van der Waals surface area contributed by atoms with E-state index in [2.05, 4.69) is 67.7 Å². The first-order valence-electron chi connectivity index (χ1n) is 20.8. The van der Waals surface area contributed by atoms with Gasteiger partial charge in [0.05, 0.1) is 4.86 Å². The van der Waals surface area contributed by atoms with Crippen LogP contribution in [0.2, 0.25) is 0 Å². The molecular formula is C49H41N9O5S3. The van der Waals surface area contributed by atoms with E-state index >= 15 is 0 Å². The molecule has 1 saturated heterocycles. The smallest absolute Gasteiger partial charge is 0.356 e. The average Bonchev–Trinajstić information content (AvgIpc) is 4.03. The zero-order valence-electron chi connectivity index (χ0n) is 35.6. The molecule has 1 fully saturated rings. The number of oxime groups is 1. The van der Waals surface area contributed by atoms with Gasteiger partial charge in [-0.05, 0) is 43.8 Å². The molecule has 2 N–H and O–H groups in total. The minimum Gasteiger partial charge on any atom is -0.448 e. The fraction of sp³-hybridized carbons (Fsp3) is 0.163. The topological polar surface area (TPSA) is 166 Å². The van der Waals surface area contributed by atoms with Gasteiger partial charge in [0.2, 0.25) is 0 Å². The molecule has 0 aliphatic carbocycles. The summed E-state index contributed by atoms with van der Waals surface area (Å²) in [4.78, 5) is 55.1. The van der Waals surface area contributed by atoms with E-state index in [0.29, 0.717) is 27.1 Å². The number of hydrogen-bond donors (Lipinski definition) is 2. The summed E-state index contributed by atoms with van der Waals surface area (Å²) < 4.78 is 7.78. The molecule has 2 aromatic heterocycles. The second kappa shape index (κ2) is 19.4. The normalized spacial score (nSPS) is 16.0. The fourth-order valence-electron chi connectivity index (χ4n) is 8.18. The van der Waals surface area contributed by atoms with Crippen molar-refractivity contribution >= 4 is 68.8 Å². The Morgan fingerprint density at radius 2 is 1.39 bits per heavy atom. The molecule has 9 rings (SSSR count). The number of esters is 1. The molecule has 2 amide bonds. The zero-order chi connectivity index (χ0) is 45.6. The summed E-state index contributed by atoms with van der Waals surface area (Å²) in [6.07, 6.45) is -0.673. The summed E-state index contributed by atoms with van der Waals surface area (Å²) in [5.41, 5.74) is 4.27. The molecule has 2 atom stereocenters. The zero-order valence-corrected chi connectivity index (χ0v) is 38.0. The van der Waals surface area contributed by atoms with Gasteiger partial charge in [0.15, 0.2) is 22.8 Å². The maximum absolute atomic E-state index is 14.6. The minimum absolute atomic E-state index is 0.0586. The third kappa shape index (κ3) is 8.62. The van der Waals surface area contributed by atoms with Crippen LogP contribution in [-0.4, -0.2) is 82.7 Å². The van der Waals surface area contributed by atoms with Gasteiger partial charge in [-0.15, -0.1) is 28.2 Å². The maximum atomic E-state index is 14.6. The summed E-state index contributed by atoms with van der Waals surface area (Å²) in [5, 5.41) is 23.9. The predicted octanol–water partition coefficient (Wildman–Crippen LogP) is 7.22. The van der Waals surface area contributed by atoms with Crippen LogP contribution in [-0.2, 0) is 36.5 Å². The van der Waals surface area contributed by atoms with Crippen LogP contribution in [0.1, 0.15) is 51.9 Å². The monoisotopic (exact) mass is 931 g/mol. The van der Waals surface area contributed by atoms with Crippen LogP contribution in [0.5, 0.6) is 0 Å². The molecule has 66 heavy (non-hydrogen) atoms. The van der Waals surface area contributed by atoms with Crippen molar-refractivity contribution in [3.05, 3.63) is 208 Å². The number of thiocarbonyl (C=S) groups is 1. The van der Waals surface area contributed by atoms with Gasteiger partial charge in [0.1, 0.15) is 35.5 Å². The lowest BCUT2D eigenvalue weighted by atomic mass is 9.77. The lowest BCUT2D eigenvalue weighted by molar-refractivity contribution is -0.154. The number of carbonyl (C=O) groups is 3. The Morgan fingerprint density at radius 1 is 0.848 bits per heavy atom. The van der Waals surface area contributed by atoms with Gasteiger partial charge >= 0.3 is 5.97 Å². The number of benzene rings is 5. The van der Waals surface area contributed by atoms with E-state index in [0.717, 1.165) is 27.8 Å². The third-order valence-electron chi connectivity index (χ3n) is 11.3. The van der Waals surface area contributed by atoms with Gasteiger partial charge < -0.3 is 20.2 Å². The molecule has 2 unspecified atom stereocenters. The summed E-state index contributed by atoms with van der Waals surface area (Å²) in [5.74, 6) is -1.25. The van der Waals surface area contributed by atoms with Gasteiger partial charge in [-0.3, -0.25) is 14.5 Å². The number of aryl methyl sites for hydroxylation is 1. The molecule has 330 valence electrons. The Morgan fingerprint density at radius 3 is 1.91 bits per heavy atom. The van der Waals surface area contributed by atoms with Crippen molar-refractivity contribution in [3.8, 4) is 0 Å². The van der Waals surface area contributed by atoms with Crippen LogP contribution < -0.4 is 10.6 Å². The van der Waals surface area contributed by atoms with E-state index in [1.54, 1.807) is 12.4 Å². The first-order valence-corrected chi connectivity index (χ1v) is 23.2. The van der Waals surface area contributed by atoms with Crippen LogP contribution in [0.3, 0.4) is 0 Å². The lowest BCUT2D eigenvalue weighted by Crippen LogP contribution is -2.71. The summed E-state index contributed by atoms with van der Waals surface area (Å²) in [6, 6.07) is 48.0. The molecule has 0 bridgehead atoms. The van der Waals surface area contributed by atoms with E-state index in [-0.39, 0.29) is 23.5 Å². The van der Waals surface area contributed by atoms with Crippen LogP contribution in [0.15, 0.2) is 173 Å². The number of aromatic nitrogens is 5. The number of hydrogen-bond acceptors (Lipinski definition) is 14. The number of anilines is 1. The Balaban J connectivity index is 0.993. The molecule has 17 heteroatoms.